The van der Waals surface area contributed by atoms with Crippen molar-refractivity contribution in [2.75, 3.05) is 11.5 Å². The third kappa shape index (κ3) is 2.35. The van der Waals surface area contributed by atoms with E-state index < -0.39 is 6.41 Å². The molecule has 3 rings (SSSR count). The first-order valence-electron chi connectivity index (χ1n) is 7.40. The average molecular weight is 297 g/mol. The molecule has 0 amide bonds. The highest BCUT2D eigenvalue weighted by atomic mass is 16.7. The molecule has 0 fully saturated rings. The summed E-state index contributed by atoms with van der Waals surface area (Å²) in [5.41, 5.74) is 4.67. The molecule has 4 nitrogen and oxygen atoms in total. The largest absolute Gasteiger partial charge is 0.412 e. The molecule has 22 heavy (non-hydrogen) atoms. The topological polar surface area (TPSA) is 38.8 Å². The molecule has 0 saturated heterocycles. The predicted octanol–water partition coefficient (Wildman–Crippen LogP) is 3.93. The molecule has 2 aromatic rings. The fourth-order valence-corrected chi connectivity index (χ4v) is 2.67. The number of carbonyl (C=O) groups is 1. The average Bonchev–Trinajstić information content (AvgIpc) is 2.52. The SMILES string of the molecule is CCOC1OC(=O)c2ccccc2N1c1cccc(C)c1C. The summed E-state index contributed by atoms with van der Waals surface area (Å²) in [6.07, 6.45) is -0.743. The molecule has 0 N–H and O–H groups in total. The van der Waals surface area contributed by atoms with Gasteiger partial charge in [-0.05, 0) is 50.1 Å². The molecule has 0 radical (unpaired) electrons. The van der Waals surface area contributed by atoms with Crippen LogP contribution in [0.25, 0.3) is 0 Å². The zero-order valence-corrected chi connectivity index (χ0v) is 13.0. The second kappa shape index (κ2) is 5.81. The number of anilines is 2. The lowest BCUT2D eigenvalue weighted by molar-refractivity contribution is -0.104. The van der Waals surface area contributed by atoms with Gasteiger partial charge in [0, 0.05) is 6.61 Å². The Labute approximate surface area is 130 Å². The van der Waals surface area contributed by atoms with Crippen molar-refractivity contribution < 1.29 is 14.3 Å². The Hall–Kier alpha value is -2.33. The number of rotatable bonds is 3. The van der Waals surface area contributed by atoms with E-state index in [1.165, 1.54) is 5.56 Å². The van der Waals surface area contributed by atoms with Gasteiger partial charge in [0.2, 0.25) is 0 Å². The molecule has 0 bridgehead atoms. The third-order valence-corrected chi connectivity index (χ3v) is 3.95. The van der Waals surface area contributed by atoms with Gasteiger partial charge < -0.3 is 9.47 Å². The summed E-state index contributed by atoms with van der Waals surface area (Å²) in [4.78, 5) is 14.1. The summed E-state index contributed by atoms with van der Waals surface area (Å²) in [5.74, 6) is -0.351. The smallest absolute Gasteiger partial charge is 0.343 e. The molecule has 0 spiro atoms. The van der Waals surface area contributed by atoms with E-state index in [9.17, 15) is 4.79 Å². The second-order valence-corrected chi connectivity index (χ2v) is 5.27. The van der Waals surface area contributed by atoms with Crippen LogP contribution in [0, 0.1) is 13.8 Å². The van der Waals surface area contributed by atoms with Crippen molar-refractivity contribution in [3.8, 4) is 0 Å². The fourth-order valence-electron chi connectivity index (χ4n) is 2.67. The van der Waals surface area contributed by atoms with E-state index in [4.69, 9.17) is 9.47 Å². The van der Waals surface area contributed by atoms with Gasteiger partial charge in [0.05, 0.1) is 16.9 Å². The van der Waals surface area contributed by atoms with Crippen LogP contribution < -0.4 is 4.90 Å². The molecule has 1 heterocycles. The number of aryl methyl sites for hydroxylation is 1. The number of cyclic esters (lactones) is 1. The molecule has 2 aromatic carbocycles. The molecular weight excluding hydrogens is 278 g/mol. The normalized spacial score (nSPS) is 17.1. The van der Waals surface area contributed by atoms with Crippen LogP contribution in [0.4, 0.5) is 11.4 Å². The number of carbonyl (C=O) groups excluding carboxylic acids is 1. The highest BCUT2D eigenvalue weighted by molar-refractivity contribution is 5.99. The van der Waals surface area contributed by atoms with E-state index in [1.807, 2.05) is 42.2 Å². The van der Waals surface area contributed by atoms with E-state index >= 15 is 0 Å². The second-order valence-electron chi connectivity index (χ2n) is 5.27. The lowest BCUT2D eigenvalue weighted by Gasteiger charge is -2.37. The van der Waals surface area contributed by atoms with Crippen molar-refractivity contribution in [1.29, 1.82) is 0 Å². The molecule has 1 aliphatic rings. The van der Waals surface area contributed by atoms with Crippen LogP contribution in [0.1, 0.15) is 28.4 Å². The third-order valence-electron chi connectivity index (χ3n) is 3.95. The van der Waals surface area contributed by atoms with E-state index in [1.54, 1.807) is 6.07 Å². The molecule has 1 atom stereocenters. The van der Waals surface area contributed by atoms with Crippen molar-refractivity contribution in [3.05, 3.63) is 59.2 Å². The molecule has 0 aromatic heterocycles. The first-order valence-corrected chi connectivity index (χ1v) is 7.40. The van der Waals surface area contributed by atoms with Gasteiger partial charge in [-0.2, -0.15) is 0 Å². The van der Waals surface area contributed by atoms with Crippen LogP contribution in [0.2, 0.25) is 0 Å². The quantitative estimate of drug-likeness (QED) is 0.805. The number of hydrogen-bond donors (Lipinski definition) is 0. The van der Waals surface area contributed by atoms with Crippen molar-refractivity contribution in [1.82, 2.24) is 0 Å². The Kier molecular flexibility index (Phi) is 3.86. The van der Waals surface area contributed by atoms with Crippen LogP contribution >= 0.6 is 0 Å². The summed E-state index contributed by atoms with van der Waals surface area (Å²) in [6.45, 7) is 6.47. The Bertz CT molecular complexity index is 711. The molecule has 4 heteroatoms. The minimum absolute atomic E-state index is 0.351. The summed E-state index contributed by atoms with van der Waals surface area (Å²) in [7, 11) is 0. The summed E-state index contributed by atoms with van der Waals surface area (Å²) < 4.78 is 11.1. The van der Waals surface area contributed by atoms with Gasteiger partial charge in [0.15, 0.2) is 0 Å². The number of esters is 1. The van der Waals surface area contributed by atoms with Gasteiger partial charge in [-0.1, -0.05) is 24.3 Å². The predicted molar refractivity (Wildman–Crippen MR) is 85.3 cm³/mol. The van der Waals surface area contributed by atoms with E-state index in [0.717, 1.165) is 16.9 Å². The van der Waals surface area contributed by atoms with Gasteiger partial charge in [-0.3, -0.25) is 4.90 Å². The summed E-state index contributed by atoms with van der Waals surface area (Å²) in [5, 5.41) is 0. The number of benzene rings is 2. The van der Waals surface area contributed by atoms with Crippen molar-refractivity contribution in [2.45, 2.75) is 27.2 Å². The monoisotopic (exact) mass is 297 g/mol. The standard InChI is InChI=1S/C18H19NO3/c1-4-21-18-19(15-11-7-8-12(2)13(15)3)16-10-6-5-9-14(16)17(20)22-18/h5-11,18H,4H2,1-3H3. The number of hydrogen-bond acceptors (Lipinski definition) is 4. The van der Waals surface area contributed by atoms with E-state index in [2.05, 4.69) is 19.9 Å². The van der Waals surface area contributed by atoms with Crippen LogP contribution in [-0.2, 0) is 9.47 Å². The van der Waals surface area contributed by atoms with Crippen molar-refractivity contribution in [2.24, 2.45) is 0 Å². The summed E-state index contributed by atoms with van der Waals surface area (Å²) >= 11 is 0. The highest BCUT2D eigenvalue weighted by Crippen LogP contribution is 2.38. The van der Waals surface area contributed by atoms with Gasteiger partial charge >= 0.3 is 5.97 Å². The van der Waals surface area contributed by atoms with E-state index in [0.29, 0.717) is 12.2 Å². The molecule has 0 saturated carbocycles. The van der Waals surface area contributed by atoms with Crippen molar-refractivity contribution in [3.63, 3.8) is 0 Å². The molecular formula is C18H19NO3. The van der Waals surface area contributed by atoms with E-state index in [-0.39, 0.29) is 5.97 Å². The van der Waals surface area contributed by atoms with Crippen LogP contribution in [-0.4, -0.2) is 19.0 Å². The number of para-hydroxylation sites is 1. The molecule has 1 unspecified atom stereocenters. The first-order chi connectivity index (χ1) is 10.6. The van der Waals surface area contributed by atoms with Crippen LogP contribution in [0.15, 0.2) is 42.5 Å². The Morgan fingerprint density at radius 3 is 2.59 bits per heavy atom. The molecule has 1 aliphatic heterocycles. The Morgan fingerprint density at radius 2 is 1.82 bits per heavy atom. The maximum absolute atomic E-state index is 12.2. The van der Waals surface area contributed by atoms with Gasteiger partial charge in [-0.25, -0.2) is 4.79 Å². The van der Waals surface area contributed by atoms with Crippen LogP contribution in [0.3, 0.4) is 0 Å². The maximum Gasteiger partial charge on any atom is 0.343 e. The van der Waals surface area contributed by atoms with Crippen molar-refractivity contribution >= 4 is 17.3 Å². The zero-order valence-electron chi connectivity index (χ0n) is 13.0. The number of fused-ring (bicyclic) bond motifs is 1. The lowest BCUT2D eigenvalue weighted by atomic mass is 10.0. The van der Waals surface area contributed by atoms with Gasteiger partial charge in [-0.15, -0.1) is 0 Å². The minimum Gasteiger partial charge on any atom is -0.412 e. The zero-order chi connectivity index (χ0) is 15.7. The molecule has 114 valence electrons. The number of nitrogens with zero attached hydrogens (tertiary/aromatic N) is 1. The summed E-state index contributed by atoms with van der Waals surface area (Å²) in [6, 6.07) is 13.5. The maximum atomic E-state index is 12.2. The van der Waals surface area contributed by atoms with Gasteiger partial charge in [0.25, 0.3) is 6.41 Å². The molecule has 0 aliphatic carbocycles. The highest BCUT2D eigenvalue weighted by Gasteiger charge is 2.34. The first kappa shape index (κ1) is 14.6. The Morgan fingerprint density at radius 1 is 1.09 bits per heavy atom. The lowest BCUT2D eigenvalue weighted by Crippen LogP contribution is -2.42. The minimum atomic E-state index is -0.743. The Balaban J connectivity index is 2.18. The van der Waals surface area contributed by atoms with Gasteiger partial charge in [0.1, 0.15) is 0 Å². The van der Waals surface area contributed by atoms with Crippen LogP contribution in [0.5, 0.6) is 0 Å². The fraction of sp³-hybridized carbons (Fsp3) is 0.278. The number of ether oxygens (including phenoxy) is 2.